The Kier molecular flexibility index (Phi) is 7.95. The molecule has 1 heterocycles. The van der Waals surface area contributed by atoms with Crippen molar-refractivity contribution in [3.63, 3.8) is 0 Å². The number of esters is 1. The maximum Gasteiger partial charge on any atom is 0.338 e. The summed E-state index contributed by atoms with van der Waals surface area (Å²) in [5, 5.41) is 9.24. The second-order valence-corrected chi connectivity index (χ2v) is 7.82. The standard InChI is InChI=1S/C24H28N4O5S/c1-6-33-22(29)20-14(2)28(3)24(34)27-21(20)15-7-9-16(10-8-15)25-23(30)26-18-12-11-17(31-4)13-19(18)32-5/h7-13,21H,6H2,1-5H3,(H,27,34)(H2,25,26,30)/t21-/m0/s1. The van der Waals surface area contributed by atoms with Crippen molar-refractivity contribution in [1.29, 1.82) is 0 Å². The van der Waals surface area contributed by atoms with E-state index in [1.807, 2.05) is 19.1 Å². The van der Waals surface area contributed by atoms with Crippen LogP contribution in [0.5, 0.6) is 11.5 Å². The number of hydrogen-bond acceptors (Lipinski definition) is 6. The Morgan fingerprint density at radius 1 is 1.09 bits per heavy atom. The zero-order chi connectivity index (χ0) is 24.8. The molecule has 3 rings (SSSR count). The van der Waals surface area contributed by atoms with E-state index in [9.17, 15) is 9.59 Å². The van der Waals surface area contributed by atoms with Crippen LogP contribution in [-0.4, -0.2) is 49.9 Å². The molecular weight excluding hydrogens is 456 g/mol. The first kappa shape index (κ1) is 24.8. The number of hydrogen-bond donors (Lipinski definition) is 3. The maximum absolute atomic E-state index is 12.6. The molecule has 0 aromatic heterocycles. The summed E-state index contributed by atoms with van der Waals surface area (Å²) < 4.78 is 15.7. The predicted molar refractivity (Wildman–Crippen MR) is 134 cm³/mol. The van der Waals surface area contributed by atoms with Crippen LogP contribution in [0.3, 0.4) is 0 Å². The third-order valence-corrected chi connectivity index (χ3v) is 5.80. The quantitative estimate of drug-likeness (QED) is 0.400. The minimum atomic E-state index is -0.464. The van der Waals surface area contributed by atoms with Gasteiger partial charge in [-0.05, 0) is 55.9 Å². The average Bonchev–Trinajstić information content (AvgIpc) is 2.83. The normalized spacial score (nSPS) is 15.4. The molecule has 2 aromatic rings. The molecule has 2 amide bonds. The lowest BCUT2D eigenvalue weighted by Crippen LogP contribution is -2.46. The van der Waals surface area contributed by atoms with Crippen LogP contribution in [0.2, 0.25) is 0 Å². The molecule has 0 fully saturated rings. The number of rotatable bonds is 7. The molecule has 1 atom stereocenters. The predicted octanol–water partition coefficient (Wildman–Crippen LogP) is 4.05. The van der Waals surface area contributed by atoms with E-state index in [0.717, 1.165) is 11.3 Å². The van der Waals surface area contributed by atoms with Crippen molar-refractivity contribution in [3.05, 3.63) is 59.3 Å². The van der Waals surface area contributed by atoms with E-state index in [1.165, 1.54) is 7.11 Å². The number of urea groups is 1. The van der Waals surface area contributed by atoms with Gasteiger partial charge in [-0.15, -0.1) is 0 Å². The van der Waals surface area contributed by atoms with Crippen molar-refractivity contribution in [2.45, 2.75) is 19.9 Å². The summed E-state index contributed by atoms with van der Waals surface area (Å²) in [5.41, 5.74) is 3.09. The van der Waals surface area contributed by atoms with E-state index in [-0.39, 0.29) is 6.61 Å². The molecule has 0 bridgehead atoms. The van der Waals surface area contributed by atoms with Gasteiger partial charge in [-0.1, -0.05) is 12.1 Å². The summed E-state index contributed by atoms with van der Waals surface area (Å²) in [5.74, 6) is 0.691. The number of allylic oxidation sites excluding steroid dienone is 1. The number of benzene rings is 2. The smallest absolute Gasteiger partial charge is 0.338 e. The highest BCUT2D eigenvalue weighted by molar-refractivity contribution is 7.80. The highest BCUT2D eigenvalue weighted by atomic mass is 32.1. The molecule has 3 N–H and O–H groups in total. The number of thiocarbonyl (C=S) groups is 1. The van der Waals surface area contributed by atoms with Crippen LogP contribution in [0, 0.1) is 0 Å². The molecule has 0 aliphatic carbocycles. The van der Waals surface area contributed by atoms with Gasteiger partial charge in [-0.3, -0.25) is 0 Å². The molecule has 0 saturated heterocycles. The van der Waals surface area contributed by atoms with Gasteiger partial charge in [0.25, 0.3) is 0 Å². The Balaban J connectivity index is 1.76. The minimum absolute atomic E-state index is 0.271. The Labute approximate surface area is 204 Å². The molecule has 180 valence electrons. The van der Waals surface area contributed by atoms with E-state index in [2.05, 4.69) is 16.0 Å². The van der Waals surface area contributed by atoms with E-state index in [0.29, 0.717) is 33.6 Å². The lowest BCUT2D eigenvalue weighted by molar-refractivity contribution is -0.139. The summed E-state index contributed by atoms with van der Waals surface area (Å²) in [4.78, 5) is 26.9. The van der Waals surface area contributed by atoms with Crippen molar-refractivity contribution in [3.8, 4) is 11.5 Å². The fourth-order valence-electron chi connectivity index (χ4n) is 3.50. The molecule has 0 spiro atoms. The van der Waals surface area contributed by atoms with Crippen LogP contribution >= 0.6 is 12.2 Å². The fourth-order valence-corrected chi connectivity index (χ4v) is 3.76. The van der Waals surface area contributed by atoms with Gasteiger partial charge in [-0.2, -0.15) is 0 Å². The van der Waals surface area contributed by atoms with E-state index >= 15 is 0 Å². The molecular formula is C24H28N4O5S. The Morgan fingerprint density at radius 3 is 2.41 bits per heavy atom. The summed E-state index contributed by atoms with van der Waals surface area (Å²) >= 11 is 5.41. The van der Waals surface area contributed by atoms with Gasteiger partial charge < -0.3 is 35.1 Å². The van der Waals surface area contributed by atoms with Crippen LogP contribution in [0.25, 0.3) is 0 Å². The first-order valence-corrected chi connectivity index (χ1v) is 11.0. The first-order valence-electron chi connectivity index (χ1n) is 10.6. The molecule has 0 radical (unpaired) electrons. The van der Waals surface area contributed by atoms with E-state index < -0.39 is 18.0 Å². The van der Waals surface area contributed by atoms with Crippen LogP contribution in [0.4, 0.5) is 16.2 Å². The lowest BCUT2D eigenvalue weighted by atomic mass is 9.95. The summed E-state index contributed by atoms with van der Waals surface area (Å²) in [6.45, 7) is 3.87. The van der Waals surface area contributed by atoms with Crippen LogP contribution in [0.15, 0.2) is 53.7 Å². The zero-order valence-electron chi connectivity index (χ0n) is 19.7. The molecule has 2 aromatic carbocycles. The van der Waals surface area contributed by atoms with E-state index in [4.69, 9.17) is 26.4 Å². The fraction of sp³-hybridized carbons (Fsp3) is 0.292. The van der Waals surface area contributed by atoms with Gasteiger partial charge in [0.05, 0.1) is 38.1 Å². The molecule has 0 unspecified atom stereocenters. The monoisotopic (exact) mass is 484 g/mol. The lowest BCUT2D eigenvalue weighted by Gasteiger charge is -2.35. The van der Waals surface area contributed by atoms with Gasteiger partial charge in [-0.25, -0.2) is 9.59 Å². The summed E-state index contributed by atoms with van der Waals surface area (Å²) in [6, 6.07) is 11.3. The molecule has 1 aliphatic rings. The number of methoxy groups -OCH3 is 2. The van der Waals surface area contributed by atoms with Crippen LogP contribution in [-0.2, 0) is 9.53 Å². The summed E-state index contributed by atoms with van der Waals surface area (Å²) in [6.07, 6.45) is 0. The second-order valence-electron chi connectivity index (χ2n) is 7.43. The summed E-state index contributed by atoms with van der Waals surface area (Å²) in [7, 11) is 4.86. The largest absolute Gasteiger partial charge is 0.497 e. The SMILES string of the molecule is CCOC(=O)C1=C(C)N(C)C(=S)N[C@H]1c1ccc(NC(=O)Nc2ccc(OC)cc2OC)cc1. The Morgan fingerprint density at radius 2 is 1.79 bits per heavy atom. The van der Waals surface area contributed by atoms with E-state index in [1.54, 1.807) is 56.3 Å². The number of carbonyl (C=O) groups is 2. The van der Waals surface area contributed by atoms with Crippen LogP contribution in [0.1, 0.15) is 25.5 Å². The number of amides is 2. The topological polar surface area (TPSA) is 101 Å². The van der Waals surface area contributed by atoms with Gasteiger partial charge in [0.2, 0.25) is 0 Å². The Bertz CT molecular complexity index is 1120. The number of nitrogens with zero attached hydrogens (tertiary/aromatic N) is 1. The number of anilines is 2. The van der Waals surface area contributed by atoms with Crippen LogP contribution < -0.4 is 25.4 Å². The minimum Gasteiger partial charge on any atom is -0.497 e. The van der Waals surface area contributed by atoms with Crippen molar-refractivity contribution >= 4 is 40.7 Å². The van der Waals surface area contributed by atoms with Gasteiger partial charge in [0.15, 0.2) is 5.11 Å². The molecule has 10 heteroatoms. The number of nitrogens with one attached hydrogen (secondary N) is 3. The molecule has 0 saturated carbocycles. The van der Waals surface area contributed by atoms with Gasteiger partial charge >= 0.3 is 12.0 Å². The van der Waals surface area contributed by atoms with Gasteiger partial charge in [0.1, 0.15) is 11.5 Å². The first-order chi connectivity index (χ1) is 16.3. The Hall–Kier alpha value is -3.79. The molecule has 9 nitrogen and oxygen atoms in total. The third-order valence-electron chi connectivity index (χ3n) is 5.41. The highest BCUT2D eigenvalue weighted by Gasteiger charge is 2.33. The molecule has 1 aliphatic heterocycles. The number of carbonyl (C=O) groups excluding carboxylic acids is 2. The van der Waals surface area contributed by atoms with Crippen molar-refractivity contribution < 1.29 is 23.8 Å². The maximum atomic E-state index is 12.6. The van der Waals surface area contributed by atoms with Gasteiger partial charge in [0, 0.05) is 24.5 Å². The zero-order valence-corrected chi connectivity index (χ0v) is 20.5. The van der Waals surface area contributed by atoms with Crippen molar-refractivity contribution in [2.24, 2.45) is 0 Å². The van der Waals surface area contributed by atoms with Crippen molar-refractivity contribution in [1.82, 2.24) is 10.2 Å². The van der Waals surface area contributed by atoms with Crippen molar-refractivity contribution in [2.75, 3.05) is 38.5 Å². The highest BCUT2D eigenvalue weighted by Crippen LogP contribution is 2.32. The second kappa shape index (κ2) is 10.9. The third kappa shape index (κ3) is 5.40. The number of ether oxygens (including phenoxy) is 3. The average molecular weight is 485 g/mol. The molecule has 34 heavy (non-hydrogen) atoms.